The van der Waals surface area contributed by atoms with Crippen LogP contribution in [0.3, 0.4) is 0 Å². The topological polar surface area (TPSA) is 12.9 Å². The van der Waals surface area contributed by atoms with Gasteiger partial charge in [0.05, 0.1) is 16.1 Å². The van der Waals surface area contributed by atoms with Crippen LogP contribution < -0.4 is 0 Å². The van der Waals surface area contributed by atoms with Gasteiger partial charge in [0.2, 0.25) is 0 Å². The van der Waals surface area contributed by atoms with Crippen LogP contribution in [0.15, 0.2) is 17.7 Å². The van der Waals surface area contributed by atoms with Crippen LogP contribution in [0.5, 0.6) is 0 Å². The Morgan fingerprint density at radius 1 is 1.64 bits per heavy atom. The Morgan fingerprint density at radius 2 is 2.36 bits per heavy atom. The highest BCUT2D eigenvalue weighted by Gasteiger charge is 1.97. The van der Waals surface area contributed by atoms with E-state index in [9.17, 15) is 0 Å². The first-order valence-electron chi connectivity index (χ1n) is 3.45. The van der Waals surface area contributed by atoms with Gasteiger partial charge in [0.25, 0.3) is 0 Å². The zero-order valence-electron chi connectivity index (χ0n) is 6.79. The molecule has 0 N–H and O–H groups in total. The van der Waals surface area contributed by atoms with Gasteiger partial charge in [-0.3, -0.25) is 0 Å². The molecule has 1 aromatic heterocycles. The van der Waals surface area contributed by atoms with Gasteiger partial charge in [-0.25, -0.2) is 4.98 Å². The van der Waals surface area contributed by atoms with Gasteiger partial charge in [-0.1, -0.05) is 12.2 Å². The van der Waals surface area contributed by atoms with Crippen LogP contribution in [0.25, 0.3) is 12.2 Å². The first-order valence-corrected chi connectivity index (χ1v) is 4.33. The Balaban J connectivity index is 3.03. The Kier molecular flexibility index (Phi) is 2.60. The first kappa shape index (κ1) is 8.21. The Morgan fingerprint density at radius 3 is 2.91 bits per heavy atom. The van der Waals surface area contributed by atoms with E-state index < -0.39 is 0 Å². The maximum absolute atomic E-state index is 4.14. The van der Waals surface area contributed by atoms with Gasteiger partial charge >= 0.3 is 0 Å². The van der Waals surface area contributed by atoms with Crippen molar-refractivity contribution < 1.29 is 0 Å². The second kappa shape index (κ2) is 3.49. The summed E-state index contributed by atoms with van der Waals surface area (Å²) in [5.74, 6) is 0. The van der Waals surface area contributed by atoms with E-state index in [4.69, 9.17) is 0 Å². The molecule has 0 amide bonds. The number of hydrogen-bond acceptors (Lipinski definition) is 2. The molecule has 0 bridgehead atoms. The molecule has 2 heteroatoms. The lowest BCUT2D eigenvalue weighted by atomic mass is 10.2. The molecule has 0 fully saturated rings. The predicted molar refractivity (Wildman–Crippen MR) is 51.5 cm³/mol. The first-order chi connectivity index (χ1) is 5.24. The van der Waals surface area contributed by atoms with Crippen LogP contribution in [0.4, 0.5) is 0 Å². The number of rotatable bonds is 2. The summed E-state index contributed by atoms with van der Waals surface area (Å²) in [6.07, 6.45) is 3.90. The van der Waals surface area contributed by atoms with Crippen LogP contribution in [-0.2, 0) is 0 Å². The van der Waals surface area contributed by atoms with Crippen molar-refractivity contribution in [1.82, 2.24) is 4.98 Å². The molecular formula is C9H11NS. The Bertz CT molecular complexity index is 280. The third-order valence-electron chi connectivity index (χ3n) is 1.24. The van der Waals surface area contributed by atoms with Crippen molar-refractivity contribution in [3.63, 3.8) is 0 Å². The molecule has 0 saturated carbocycles. The molecule has 58 valence electrons. The van der Waals surface area contributed by atoms with Gasteiger partial charge in [-0.15, -0.1) is 11.3 Å². The molecule has 0 spiro atoms. The smallest absolute Gasteiger partial charge is 0.0806 e. The lowest BCUT2D eigenvalue weighted by molar-refractivity contribution is 1.37. The minimum absolute atomic E-state index is 0.983. The van der Waals surface area contributed by atoms with Gasteiger partial charge in [0.15, 0.2) is 0 Å². The maximum atomic E-state index is 4.14. The molecular weight excluding hydrogens is 154 g/mol. The minimum Gasteiger partial charge on any atom is -0.245 e. The highest BCUT2D eigenvalue weighted by Crippen LogP contribution is 2.17. The Hall–Kier alpha value is -0.890. The van der Waals surface area contributed by atoms with Crippen molar-refractivity contribution in [2.24, 2.45) is 0 Å². The van der Waals surface area contributed by atoms with Crippen LogP contribution in [-0.4, -0.2) is 4.98 Å². The number of allylic oxidation sites excluding steroid dienone is 1. The van der Waals surface area contributed by atoms with E-state index in [1.54, 1.807) is 17.4 Å². The van der Waals surface area contributed by atoms with Crippen molar-refractivity contribution in [2.45, 2.75) is 13.8 Å². The number of aromatic nitrogens is 1. The summed E-state index contributed by atoms with van der Waals surface area (Å²) in [5, 5.41) is 0. The summed E-state index contributed by atoms with van der Waals surface area (Å²) in [6.45, 7) is 7.84. The van der Waals surface area contributed by atoms with Crippen molar-refractivity contribution >= 4 is 23.5 Å². The summed E-state index contributed by atoms with van der Waals surface area (Å²) >= 11 is 1.64. The van der Waals surface area contributed by atoms with Crippen molar-refractivity contribution in [1.29, 1.82) is 0 Å². The molecule has 0 aliphatic heterocycles. The van der Waals surface area contributed by atoms with Crippen LogP contribution in [0.1, 0.15) is 24.4 Å². The molecule has 0 aliphatic rings. The molecule has 1 nitrogen and oxygen atoms in total. The normalized spacial score (nSPS) is 9.27. The van der Waals surface area contributed by atoms with E-state index in [0.717, 1.165) is 5.69 Å². The standard InChI is InChI=1S/C9H11NS/c1-4-8-9(5-7(2)3)11-6-10-8/h4-6H,1H2,2-3H3. The summed E-state index contributed by atoms with van der Waals surface area (Å²) in [6, 6.07) is 0. The average Bonchev–Trinajstić information content (AvgIpc) is 2.34. The van der Waals surface area contributed by atoms with Gasteiger partial charge in [0, 0.05) is 0 Å². The zero-order valence-corrected chi connectivity index (χ0v) is 7.61. The lowest BCUT2D eigenvalue weighted by Gasteiger charge is -1.89. The second-order valence-corrected chi connectivity index (χ2v) is 3.41. The number of nitrogens with zero attached hydrogens (tertiary/aromatic N) is 1. The molecule has 1 rings (SSSR count). The quantitative estimate of drug-likeness (QED) is 0.655. The van der Waals surface area contributed by atoms with E-state index in [0.29, 0.717) is 0 Å². The zero-order chi connectivity index (χ0) is 8.27. The molecule has 0 saturated heterocycles. The lowest BCUT2D eigenvalue weighted by Crippen LogP contribution is -1.73. The third-order valence-corrected chi connectivity index (χ3v) is 2.03. The third kappa shape index (κ3) is 2.02. The van der Waals surface area contributed by atoms with Gasteiger partial charge < -0.3 is 0 Å². The fourth-order valence-electron chi connectivity index (χ4n) is 0.787. The highest BCUT2D eigenvalue weighted by molar-refractivity contribution is 7.10. The van der Waals surface area contributed by atoms with Crippen LogP contribution >= 0.6 is 11.3 Å². The fraction of sp³-hybridized carbons (Fsp3) is 0.222. The summed E-state index contributed by atoms with van der Waals surface area (Å²) in [5.41, 5.74) is 4.11. The highest BCUT2D eigenvalue weighted by atomic mass is 32.1. The van der Waals surface area contributed by atoms with Crippen molar-refractivity contribution in [3.05, 3.63) is 28.2 Å². The fourth-order valence-corrected chi connectivity index (χ4v) is 1.63. The molecule has 1 heterocycles. The molecule has 0 atom stereocenters. The number of thiazole rings is 1. The molecule has 0 unspecified atom stereocenters. The molecule has 0 radical (unpaired) electrons. The monoisotopic (exact) mass is 165 g/mol. The SMILES string of the molecule is C=Cc1ncsc1C=C(C)C. The van der Waals surface area contributed by atoms with E-state index in [1.807, 2.05) is 5.51 Å². The van der Waals surface area contributed by atoms with Gasteiger partial charge in [-0.05, 0) is 26.0 Å². The largest absolute Gasteiger partial charge is 0.245 e. The molecule has 0 aliphatic carbocycles. The van der Waals surface area contributed by atoms with Gasteiger partial charge in [-0.2, -0.15) is 0 Å². The second-order valence-electron chi connectivity index (χ2n) is 2.53. The molecule has 1 aromatic rings. The van der Waals surface area contributed by atoms with Crippen molar-refractivity contribution in [3.8, 4) is 0 Å². The maximum Gasteiger partial charge on any atom is 0.0806 e. The summed E-state index contributed by atoms with van der Waals surface area (Å²) in [4.78, 5) is 5.34. The minimum atomic E-state index is 0.983. The number of hydrogen-bond donors (Lipinski definition) is 0. The molecule has 0 aromatic carbocycles. The molecule has 11 heavy (non-hydrogen) atoms. The van der Waals surface area contributed by atoms with Crippen LogP contribution in [0.2, 0.25) is 0 Å². The van der Waals surface area contributed by atoms with E-state index in [2.05, 4.69) is 31.5 Å². The average molecular weight is 165 g/mol. The summed E-state index contributed by atoms with van der Waals surface area (Å²) in [7, 11) is 0. The predicted octanol–water partition coefficient (Wildman–Crippen LogP) is 3.21. The van der Waals surface area contributed by atoms with E-state index in [1.165, 1.54) is 10.5 Å². The van der Waals surface area contributed by atoms with E-state index >= 15 is 0 Å². The van der Waals surface area contributed by atoms with Crippen molar-refractivity contribution in [2.75, 3.05) is 0 Å². The van der Waals surface area contributed by atoms with Crippen LogP contribution in [0, 0.1) is 0 Å². The van der Waals surface area contributed by atoms with Gasteiger partial charge in [0.1, 0.15) is 0 Å². The Labute approximate surface area is 71.1 Å². The summed E-state index contributed by atoms with van der Waals surface area (Å²) < 4.78 is 0. The van der Waals surface area contributed by atoms with E-state index in [-0.39, 0.29) is 0 Å².